The number of fused-ring (bicyclic) bond motifs is 2. The molecule has 0 bridgehead atoms. The van der Waals surface area contributed by atoms with E-state index in [0.717, 1.165) is 12.1 Å². The zero-order chi connectivity index (χ0) is 28.0. The lowest BCUT2D eigenvalue weighted by Gasteiger charge is -2.12. The third kappa shape index (κ3) is 5.87. The molecule has 4 aromatic rings. The zero-order valence-corrected chi connectivity index (χ0v) is 21.7. The predicted molar refractivity (Wildman–Crippen MR) is 131 cm³/mol. The highest BCUT2D eigenvalue weighted by molar-refractivity contribution is 7.33. The Balaban J connectivity index is 1.37. The van der Waals surface area contributed by atoms with Gasteiger partial charge < -0.3 is 19.0 Å². The zero-order valence-electron chi connectivity index (χ0n) is 20.8. The Labute approximate surface area is 215 Å². The van der Waals surface area contributed by atoms with Crippen LogP contribution >= 0.6 is 8.25 Å². The molecule has 2 aromatic carbocycles. The van der Waals surface area contributed by atoms with Gasteiger partial charge in [0.05, 0.1) is 11.1 Å². The fourth-order valence-electron chi connectivity index (χ4n) is 3.57. The molecule has 0 atom stereocenters. The molecule has 2 N–H and O–H groups in total. The highest BCUT2D eigenvalue weighted by atomic mass is 31.1. The molecule has 12 heteroatoms. The van der Waals surface area contributed by atoms with Gasteiger partial charge in [0.15, 0.2) is 24.8 Å². The van der Waals surface area contributed by atoms with Crippen LogP contribution in [0.2, 0.25) is 0 Å². The second kappa shape index (κ2) is 10.1. The number of benzene rings is 2. The van der Waals surface area contributed by atoms with E-state index in [1.807, 2.05) is 0 Å². The fraction of sp³-hybridized carbons (Fsp3) is 0.308. The maximum atomic E-state index is 14.5. The van der Waals surface area contributed by atoms with Gasteiger partial charge in [-0.25, -0.2) is 8.78 Å². The van der Waals surface area contributed by atoms with E-state index in [-0.39, 0.29) is 33.8 Å². The van der Waals surface area contributed by atoms with E-state index in [4.69, 9.17) is 17.9 Å². The molecule has 200 valence electrons. The van der Waals surface area contributed by atoms with E-state index in [2.05, 4.69) is 0 Å². The van der Waals surface area contributed by atoms with Crippen molar-refractivity contribution in [3.05, 3.63) is 70.7 Å². The van der Waals surface area contributed by atoms with Gasteiger partial charge >= 0.3 is 8.25 Å². The van der Waals surface area contributed by atoms with Crippen molar-refractivity contribution in [2.45, 2.75) is 38.9 Å². The van der Waals surface area contributed by atoms with Crippen LogP contribution in [0.5, 0.6) is 0 Å². The van der Waals surface area contributed by atoms with Crippen LogP contribution in [-0.2, 0) is 24.8 Å². The second-order valence-corrected chi connectivity index (χ2v) is 10.7. The minimum atomic E-state index is -2.98. The van der Waals surface area contributed by atoms with E-state index >= 15 is 0 Å². The average molecular weight is 549 g/mol. The standard InChI is InChI=1S/C26H24F2O9P/c1-25(2,31)23-7-13-5-15(17(27)9-21(13)36-23)19(29)11-34-38(33)35-12-20(30)16-6-14-8-24(26(3,4)32)37-22(14)10-18(16)28/h5-10,31-32H,11-12H2,1-4H3/q+1. The van der Waals surface area contributed by atoms with Gasteiger partial charge in [-0.2, -0.15) is 0 Å². The van der Waals surface area contributed by atoms with E-state index in [1.54, 1.807) is 0 Å². The number of aliphatic hydroxyl groups is 2. The van der Waals surface area contributed by atoms with Gasteiger partial charge in [0.25, 0.3) is 0 Å². The van der Waals surface area contributed by atoms with Crippen LogP contribution in [0.15, 0.2) is 45.2 Å². The van der Waals surface area contributed by atoms with Crippen LogP contribution in [0.3, 0.4) is 0 Å². The first-order chi connectivity index (χ1) is 17.6. The molecule has 0 amide bonds. The first kappa shape index (κ1) is 27.7. The summed E-state index contributed by atoms with van der Waals surface area (Å²) in [4.78, 5) is 24.9. The molecule has 0 fully saturated rings. The van der Waals surface area contributed by atoms with Crippen molar-refractivity contribution in [2.75, 3.05) is 13.2 Å². The van der Waals surface area contributed by atoms with Crippen molar-refractivity contribution in [2.24, 2.45) is 0 Å². The van der Waals surface area contributed by atoms with Gasteiger partial charge in [0.2, 0.25) is 0 Å². The topological polar surface area (TPSA) is 136 Å². The number of ketones is 2. The number of Topliss-reactive ketones (excluding diaryl/α,β-unsaturated/α-hetero) is 2. The quantitative estimate of drug-likeness (QED) is 0.189. The molecule has 0 unspecified atom stereocenters. The fourth-order valence-corrected chi connectivity index (χ4v) is 4.09. The molecular weight excluding hydrogens is 525 g/mol. The summed E-state index contributed by atoms with van der Waals surface area (Å²) < 4.78 is 61.5. The van der Waals surface area contributed by atoms with Gasteiger partial charge in [-0.15, -0.1) is 9.05 Å². The summed E-state index contributed by atoms with van der Waals surface area (Å²) in [6.07, 6.45) is 0. The van der Waals surface area contributed by atoms with Crippen LogP contribution in [0.25, 0.3) is 21.9 Å². The molecule has 0 spiro atoms. The normalized spacial score (nSPS) is 12.4. The lowest BCUT2D eigenvalue weighted by molar-refractivity contribution is 0.0555. The molecule has 0 aliphatic heterocycles. The Hall–Kier alpha value is -3.34. The monoisotopic (exact) mass is 549 g/mol. The number of rotatable bonds is 10. The van der Waals surface area contributed by atoms with E-state index in [0.29, 0.717) is 10.8 Å². The Morgan fingerprint density at radius 2 is 1.13 bits per heavy atom. The van der Waals surface area contributed by atoms with Crippen LogP contribution in [0.4, 0.5) is 8.78 Å². The molecule has 2 aromatic heterocycles. The molecule has 9 nitrogen and oxygen atoms in total. The van der Waals surface area contributed by atoms with Gasteiger partial charge in [-0.05, 0) is 52.0 Å². The summed E-state index contributed by atoms with van der Waals surface area (Å²) in [6, 6.07) is 7.33. The summed E-state index contributed by atoms with van der Waals surface area (Å²) in [5, 5.41) is 20.8. The van der Waals surface area contributed by atoms with Crippen LogP contribution in [0.1, 0.15) is 59.9 Å². The molecule has 4 rings (SSSR count). The smallest absolute Gasteiger partial charge is 0.458 e. The summed E-state index contributed by atoms with van der Waals surface area (Å²) in [6.45, 7) is 4.30. The maximum absolute atomic E-state index is 14.5. The Kier molecular flexibility index (Phi) is 7.35. The van der Waals surface area contributed by atoms with Crippen LogP contribution < -0.4 is 0 Å². The van der Waals surface area contributed by atoms with Crippen LogP contribution in [0, 0.1) is 11.6 Å². The van der Waals surface area contributed by atoms with Crippen molar-refractivity contribution in [3.63, 3.8) is 0 Å². The highest BCUT2D eigenvalue weighted by Crippen LogP contribution is 2.32. The Morgan fingerprint density at radius 1 is 0.763 bits per heavy atom. The summed E-state index contributed by atoms with van der Waals surface area (Å²) >= 11 is 0. The number of carbonyl (C=O) groups excluding carboxylic acids is 2. The predicted octanol–water partition coefficient (Wildman–Crippen LogP) is 5.67. The number of hydrogen-bond donors (Lipinski definition) is 2. The Morgan fingerprint density at radius 3 is 1.47 bits per heavy atom. The number of hydrogen-bond acceptors (Lipinski definition) is 9. The van der Waals surface area contributed by atoms with Crippen molar-refractivity contribution in [1.82, 2.24) is 0 Å². The van der Waals surface area contributed by atoms with Gasteiger partial charge in [-0.1, -0.05) is 0 Å². The SMILES string of the molecule is CC(C)(O)c1cc2cc(C(=O)CO[P+](=O)OCC(=O)c3cc4cc(C(C)(C)O)oc4cc3F)c(F)cc2o1. The van der Waals surface area contributed by atoms with Gasteiger partial charge in [0, 0.05) is 27.5 Å². The Bertz CT molecular complexity index is 1460. The number of furan rings is 2. The molecule has 0 aliphatic carbocycles. The van der Waals surface area contributed by atoms with Crippen molar-refractivity contribution < 1.29 is 51.0 Å². The minimum absolute atomic E-state index is 0.127. The highest BCUT2D eigenvalue weighted by Gasteiger charge is 2.29. The summed E-state index contributed by atoms with van der Waals surface area (Å²) in [5.41, 5.74) is -3.10. The second-order valence-electron chi connectivity index (χ2n) is 9.70. The third-order valence-corrected chi connectivity index (χ3v) is 6.30. The first-order valence-electron chi connectivity index (χ1n) is 11.3. The third-order valence-electron chi connectivity index (χ3n) is 5.62. The van der Waals surface area contributed by atoms with Crippen LogP contribution in [-0.4, -0.2) is 35.0 Å². The minimum Gasteiger partial charge on any atom is -0.458 e. The van der Waals surface area contributed by atoms with Crippen molar-refractivity contribution in [3.8, 4) is 0 Å². The largest absolute Gasteiger partial charge is 0.698 e. The molecular formula is C26H24F2O9P+. The lowest BCUT2D eigenvalue weighted by atomic mass is 10.1. The number of carbonyl (C=O) groups is 2. The maximum Gasteiger partial charge on any atom is 0.698 e. The molecule has 0 saturated heterocycles. The molecule has 0 radical (unpaired) electrons. The average Bonchev–Trinajstić information content (AvgIpc) is 3.43. The van der Waals surface area contributed by atoms with Gasteiger partial charge in [-0.3, -0.25) is 9.59 Å². The summed E-state index contributed by atoms with van der Waals surface area (Å²) in [7, 11) is -2.98. The molecule has 2 heterocycles. The molecule has 0 aliphatic rings. The van der Waals surface area contributed by atoms with E-state index in [9.17, 15) is 33.1 Å². The summed E-state index contributed by atoms with van der Waals surface area (Å²) in [5.74, 6) is -3.18. The van der Waals surface area contributed by atoms with Crippen molar-refractivity contribution in [1.29, 1.82) is 0 Å². The first-order valence-corrected chi connectivity index (χ1v) is 12.4. The number of halogens is 2. The van der Waals surface area contributed by atoms with E-state index in [1.165, 1.54) is 52.0 Å². The van der Waals surface area contributed by atoms with E-state index < -0.39 is 55.9 Å². The molecule has 38 heavy (non-hydrogen) atoms. The van der Waals surface area contributed by atoms with Gasteiger partial charge in [0.1, 0.15) is 45.5 Å². The molecule has 0 saturated carbocycles. The van der Waals surface area contributed by atoms with Crippen molar-refractivity contribution >= 4 is 41.8 Å². The lowest BCUT2D eigenvalue weighted by Crippen LogP contribution is -2.13.